The molecule has 0 heterocycles. The van der Waals surface area contributed by atoms with Gasteiger partial charge in [-0.25, -0.2) is 9.18 Å². The maximum Gasteiger partial charge on any atom is 0.338 e. The largest absolute Gasteiger partial charge is 0.452 e. The Morgan fingerprint density at radius 2 is 1.78 bits per heavy atom. The Kier molecular flexibility index (Phi) is 5.58. The standard InChI is InChI=1S/C16H12Cl2FNO3/c1-9-2-3-13(19)7-14(9)20-15(21)8-23-16(22)10-4-11(17)6-12(18)5-10/h2-7H,8H2,1H3,(H,20,21). The number of carbonyl (C=O) groups excluding carboxylic acids is 2. The van der Waals surface area contributed by atoms with Gasteiger partial charge in [0.2, 0.25) is 0 Å². The minimum atomic E-state index is -0.736. The smallest absolute Gasteiger partial charge is 0.338 e. The van der Waals surface area contributed by atoms with Crippen LogP contribution >= 0.6 is 23.2 Å². The van der Waals surface area contributed by atoms with Crippen LogP contribution in [0.25, 0.3) is 0 Å². The van der Waals surface area contributed by atoms with Gasteiger partial charge in [0.25, 0.3) is 5.91 Å². The fourth-order valence-corrected chi connectivity index (χ4v) is 2.33. The number of esters is 1. The summed E-state index contributed by atoms with van der Waals surface area (Å²) in [5, 5.41) is 3.04. The lowest BCUT2D eigenvalue weighted by atomic mass is 10.2. The first-order valence-electron chi connectivity index (χ1n) is 6.54. The molecule has 0 aromatic heterocycles. The number of carbonyl (C=O) groups is 2. The summed E-state index contributed by atoms with van der Waals surface area (Å²) in [6, 6.07) is 8.23. The molecule has 120 valence electrons. The monoisotopic (exact) mass is 355 g/mol. The van der Waals surface area contributed by atoms with Crippen LogP contribution in [0, 0.1) is 12.7 Å². The highest BCUT2D eigenvalue weighted by Gasteiger charge is 2.13. The molecule has 7 heteroatoms. The second kappa shape index (κ2) is 7.44. The number of halogens is 3. The first-order chi connectivity index (χ1) is 10.8. The summed E-state index contributed by atoms with van der Waals surface area (Å²) in [5.74, 6) is -1.79. The number of ether oxygens (including phenoxy) is 1. The van der Waals surface area contributed by atoms with Crippen LogP contribution in [-0.2, 0) is 9.53 Å². The van der Waals surface area contributed by atoms with Crippen LogP contribution in [0.15, 0.2) is 36.4 Å². The lowest BCUT2D eigenvalue weighted by molar-refractivity contribution is -0.119. The maximum atomic E-state index is 13.1. The van der Waals surface area contributed by atoms with Gasteiger partial charge in [-0.05, 0) is 42.8 Å². The quantitative estimate of drug-likeness (QED) is 0.834. The van der Waals surface area contributed by atoms with Gasteiger partial charge >= 0.3 is 5.97 Å². The molecular formula is C16H12Cl2FNO3. The lowest BCUT2D eigenvalue weighted by Gasteiger charge is -2.09. The van der Waals surface area contributed by atoms with Crippen molar-refractivity contribution in [1.82, 2.24) is 0 Å². The number of anilines is 1. The molecule has 2 rings (SSSR count). The zero-order chi connectivity index (χ0) is 17.0. The van der Waals surface area contributed by atoms with Crippen molar-refractivity contribution in [1.29, 1.82) is 0 Å². The van der Waals surface area contributed by atoms with E-state index in [1.54, 1.807) is 6.92 Å². The van der Waals surface area contributed by atoms with Crippen molar-refractivity contribution >= 4 is 40.8 Å². The van der Waals surface area contributed by atoms with E-state index in [4.69, 9.17) is 27.9 Å². The topological polar surface area (TPSA) is 55.4 Å². The van der Waals surface area contributed by atoms with Gasteiger partial charge in [-0.2, -0.15) is 0 Å². The molecule has 0 spiro atoms. The molecule has 0 aliphatic heterocycles. The minimum absolute atomic E-state index is 0.136. The van der Waals surface area contributed by atoms with E-state index in [2.05, 4.69) is 5.32 Å². The average molecular weight is 356 g/mol. The molecule has 0 atom stereocenters. The zero-order valence-electron chi connectivity index (χ0n) is 12.0. The first kappa shape index (κ1) is 17.2. The summed E-state index contributed by atoms with van der Waals surface area (Å²) in [6.45, 7) is 1.20. The van der Waals surface area contributed by atoms with Crippen LogP contribution in [-0.4, -0.2) is 18.5 Å². The van der Waals surface area contributed by atoms with Gasteiger partial charge in [-0.3, -0.25) is 4.79 Å². The molecule has 0 saturated heterocycles. The van der Waals surface area contributed by atoms with Crippen molar-refractivity contribution < 1.29 is 18.7 Å². The zero-order valence-corrected chi connectivity index (χ0v) is 13.5. The van der Waals surface area contributed by atoms with Crippen LogP contribution in [0.4, 0.5) is 10.1 Å². The summed E-state index contributed by atoms with van der Waals surface area (Å²) in [5.41, 5.74) is 1.14. The highest BCUT2D eigenvalue weighted by molar-refractivity contribution is 6.35. The molecule has 23 heavy (non-hydrogen) atoms. The van der Waals surface area contributed by atoms with Crippen molar-refractivity contribution in [3.63, 3.8) is 0 Å². The number of hydrogen-bond acceptors (Lipinski definition) is 3. The summed E-state index contributed by atoms with van der Waals surface area (Å²) in [4.78, 5) is 23.6. The third-order valence-electron chi connectivity index (χ3n) is 2.91. The molecule has 0 fully saturated rings. The Balaban J connectivity index is 1.96. The van der Waals surface area contributed by atoms with Gasteiger partial charge in [0.1, 0.15) is 5.82 Å². The van der Waals surface area contributed by atoms with E-state index in [0.717, 1.165) is 0 Å². The fourth-order valence-electron chi connectivity index (χ4n) is 1.80. The van der Waals surface area contributed by atoms with Gasteiger partial charge in [0, 0.05) is 15.7 Å². The maximum absolute atomic E-state index is 13.1. The highest BCUT2D eigenvalue weighted by atomic mass is 35.5. The number of nitrogens with one attached hydrogen (secondary N) is 1. The minimum Gasteiger partial charge on any atom is -0.452 e. The van der Waals surface area contributed by atoms with Crippen LogP contribution in [0.5, 0.6) is 0 Å². The molecule has 0 unspecified atom stereocenters. The average Bonchev–Trinajstić information content (AvgIpc) is 2.47. The van der Waals surface area contributed by atoms with Crippen LogP contribution in [0.3, 0.4) is 0 Å². The van der Waals surface area contributed by atoms with Crippen molar-refractivity contribution in [3.05, 3.63) is 63.4 Å². The molecule has 4 nitrogen and oxygen atoms in total. The molecule has 0 aliphatic carbocycles. The van der Waals surface area contributed by atoms with E-state index in [9.17, 15) is 14.0 Å². The van der Waals surface area contributed by atoms with Gasteiger partial charge in [-0.1, -0.05) is 29.3 Å². The van der Waals surface area contributed by atoms with E-state index < -0.39 is 24.3 Å². The predicted molar refractivity (Wildman–Crippen MR) is 86.5 cm³/mol. The Morgan fingerprint density at radius 1 is 1.13 bits per heavy atom. The van der Waals surface area contributed by atoms with Crippen molar-refractivity contribution in [2.45, 2.75) is 6.92 Å². The first-order valence-corrected chi connectivity index (χ1v) is 7.30. The van der Waals surface area contributed by atoms with Crippen LogP contribution in [0.1, 0.15) is 15.9 Å². The Bertz CT molecular complexity index is 745. The van der Waals surface area contributed by atoms with Crippen molar-refractivity contribution in [2.75, 3.05) is 11.9 Å². The molecule has 0 radical (unpaired) electrons. The van der Waals surface area contributed by atoms with E-state index in [-0.39, 0.29) is 15.6 Å². The molecule has 0 bridgehead atoms. The molecular weight excluding hydrogens is 344 g/mol. The van der Waals surface area contributed by atoms with E-state index in [1.165, 1.54) is 36.4 Å². The van der Waals surface area contributed by atoms with Gasteiger partial charge in [0.05, 0.1) is 5.56 Å². The molecule has 1 N–H and O–H groups in total. The molecule has 2 aromatic carbocycles. The number of aryl methyl sites for hydroxylation is 1. The van der Waals surface area contributed by atoms with Gasteiger partial charge < -0.3 is 10.1 Å². The highest BCUT2D eigenvalue weighted by Crippen LogP contribution is 2.20. The summed E-state index contributed by atoms with van der Waals surface area (Å²) in [7, 11) is 0. The molecule has 0 aliphatic rings. The van der Waals surface area contributed by atoms with Crippen LogP contribution in [0.2, 0.25) is 10.0 Å². The van der Waals surface area contributed by atoms with Gasteiger partial charge in [0.15, 0.2) is 6.61 Å². The Hall–Kier alpha value is -2.11. The second-order valence-electron chi connectivity index (χ2n) is 4.74. The second-order valence-corrected chi connectivity index (χ2v) is 5.61. The fraction of sp³-hybridized carbons (Fsp3) is 0.125. The third-order valence-corrected chi connectivity index (χ3v) is 3.34. The van der Waals surface area contributed by atoms with Crippen molar-refractivity contribution in [2.24, 2.45) is 0 Å². The van der Waals surface area contributed by atoms with Crippen LogP contribution < -0.4 is 5.32 Å². The SMILES string of the molecule is Cc1ccc(F)cc1NC(=O)COC(=O)c1cc(Cl)cc(Cl)c1. The van der Waals surface area contributed by atoms with Gasteiger partial charge in [-0.15, -0.1) is 0 Å². The lowest BCUT2D eigenvalue weighted by Crippen LogP contribution is -2.21. The van der Waals surface area contributed by atoms with E-state index in [0.29, 0.717) is 11.3 Å². The Labute approximate surface area is 142 Å². The summed E-state index contributed by atoms with van der Waals surface area (Å²) >= 11 is 11.6. The molecule has 2 aromatic rings. The normalized spacial score (nSPS) is 10.3. The summed E-state index contributed by atoms with van der Waals surface area (Å²) < 4.78 is 18.0. The molecule has 0 saturated carbocycles. The van der Waals surface area contributed by atoms with E-state index >= 15 is 0 Å². The number of benzene rings is 2. The predicted octanol–water partition coefficient (Wildman–Crippen LogP) is 4.24. The number of rotatable bonds is 4. The van der Waals surface area contributed by atoms with E-state index in [1.807, 2.05) is 0 Å². The molecule has 1 amide bonds. The number of hydrogen-bond donors (Lipinski definition) is 1. The van der Waals surface area contributed by atoms with Crippen molar-refractivity contribution in [3.8, 4) is 0 Å². The number of amides is 1. The third kappa shape index (κ3) is 4.94. The summed E-state index contributed by atoms with van der Waals surface area (Å²) in [6.07, 6.45) is 0. The Morgan fingerprint density at radius 3 is 2.43 bits per heavy atom.